The lowest BCUT2D eigenvalue weighted by molar-refractivity contribution is 0.249. The monoisotopic (exact) mass is 539 g/mol. The normalized spacial score (nSPS) is 14.6. The van der Waals surface area contributed by atoms with Gasteiger partial charge >= 0.3 is 0 Å². The third-order valence-corrected chi connectivity index (χ3v) is 7.83. The Kier molecular flexibility index (Phi) is 7.56. The molecule has 4 heterocycles. The van der Waals surface area contributed by atoms with Crippen LogP contribution in [0.3, 0.4) is 0 Å². The fraction of sp³-hybridized carbons (Fsp3) is 0.393. The van der Waals surface area contributed by atoms with Gasteiger partial charge in [-0.3, -0.25) is 9.20 Å². The lowest BCUT2D eigenvalue weighted by Crippen LogP contribution is -2.33. The zero-order valence-corrected chi connectivity index (χ0v) is 22.9. The number of imidazole rings is 1. The van der Waals surface area contributed by atoms with Crippen LogP contribution in [-0.4, -0.2) is 50.6 Å². The van der Waals surface area contributed by atoms with E-state index in [9.17, 15) is 4.79 Å². The van der Waals surface area contributed by atoms with E-state index in [1.807, 2.05) is 53.1 Å². The number of hydrogen-bond acceptors (Lipinski definition) is 5. The van der Waals surface area contributed by atoms with Gasteiger partial charge in [0, 0.05) is 32.1 Å². The van der Waals surface area contributed by atoms with Crippen molar-refractivity contribution in [3.05, 3.63) is 73.4 Å². The van der Waals surface area contributed by atoms with Crippen LogP contribution in [0.4, 0.5) is 0 Å². The average Bonchev–Trinajstić information content (AvgIpc) is 3.25. The molecule has 0 amide bonds. The summed E-state index contributed by atoms with van der Waals surface area (Å²) in [6.45, 7) is 7.48. The van der Waals surface area contributed by atoms with Crippen LogP contribution < -0.4 is 10.3 Å². The Morgan fingerprint density at radius 2 is 1.84 bits per heavy atom. The number of hydrogen-bond donors (Lipinski definition) is 0. The van der Waals surface area contributed by atoms with Crippen molar-refractivity contribution in [1.82, 2.24) is 23.8 Å². The number of halogens is 2. The molecule has 0 saturated carbocycles. The largest absolute Gasteiger partial charge is 0.481 e. The molecule has 0 spiro atoms. The van der Waals surface area contributed by atoms with Gasteiger partial charge in [-0.25, -0.2) is 4.98 Å². The first-order chi connectivity index (χ1) is 17.9. The molecule has 0 unspecified atom stereocenters. The van der Waals surface area contributed by atoms with Crippen molar-refractivity contribution in [2.45, 2.75) is 46.1 Å². The first-order valence-corrected chi connectivity index (χ1v) is 13.5. The number of piperidine rings is 1. The molecule has 1 aliphatic rings. The topological polar surface area (TPSA) is 64.7 Å². The highest BCUT2D eigenvalue weighted by Crippen LogP contribution is 2.26. The summed E-state index contributed by atoms with van der Waals surface area (Å²) >= 11 is 12.2. The molecule has 0 aliphatic carbocycles. The highest BCUT2D eigenvalue weighted by Gasteiger charge is 2.19. The molecule has 9 heteroatoms. The van der Waals surface area contributed by atoms with Crippen LogP contribution in [0, 0.1) is 6.92 Å². The second-order valence-corrected chi connectivity index (χ2v) is 10.3. The summed E-state index contributed by atoms with van der Waals surface area (Å²) in [6.07, 6.45) is 5.85. The number of nitrogens with zero attached hydrogens (tertiary/aromatic N) is 5. The fourth-order valence-electron chi connectivity index (χ4n) is 5.17. The Labute approximate surface area is 226 Å². The van der Waals surface area contributed by atoms with E-state index in [2.05, 4.69) is 16.0 Å². The number of methoxy groups -OCH3 is 1. The van der Waals surface area contributed by atoms with Crippen LogP contribution in [0.15, 0.2) is 40.7 Å². The quantitative estimate of drug-likeness (QED) is 0.297. The molecule has 1 saturated heterocycles. The van der Waals surface area contributed by atoms with E-state index in [0.717, 1.165) is 61.5 Å². The van der Waals surface area contributed by atoms with Crippen molar-refractivity contribution in [3.8, 4) is 5.88 Å². The summed E-state index contributed by atoms with van der Waals surface area (Å²) in [6, 6.07) is 9.50. The summed E-state index contributed by atoms with van der Waals surface area (Å²) in [7, 11) is 1.60. The van der Waals surface area contributed by atoms with Crippen LogP contribution >= 0.6 is 23.2 Å². The van der Waals surface area contributed by atoms with Gasteiger partial charge in [0.05, 0.1) is 28.4 Å². The van der Waals surface area contributed by atoms with E-state index in [-0.39, 0.29) is 5.56 Å². The minimum absolute atomic E-state index is 0.0188. The molecule has 0 bridgehead atoms. The lowest BCUT2D eigenvalue weighted by atomic mass is 10.0. The van der Waals surface area contributed by atoms with Gasteiger partial charge in [0.1, 0.15) is 11.3 Å². The highest BCUT2D eigenvalue weighted by molar-refractivity contribution is 6.42. The van der Waals surface area contributed by atoms with Crippen molar-refractivity contribution in [2.24, 2.45) is 0 Å². The second kappa shape index (κ2) is 10.9. The van der Waals surface area contributed by atoms with E-state index < -0.39 is 0 Å². The molecule has 37 heavy (non-hydrogen) atoms. The van der Waals surface area contributed by atoms with Crippen molar-refractivity contribution in [2.75, 3.05) is 26.7 Å². The summed E-state index contributed by atoms with van der Waals surface area (Å²) in [4.78, 5) is 25.4. The maximum absolute atomic E-state index is 13.6. The third kappa shape index (κ3) is 5.13. The van der Waals surface area contributed by atoms with Crippen molar-refractivity contribution in [3.63, 3.8) is 0 Å². The summed E-state index contributed by atoms with van der Waals surface area (Å²) in [5.74, 6) is 1.35. The first-order valence-electron chi connectivity index (χ1n) is 12.7. The Morgan fingerprint density at radius 3 is 2.54 bits per heavy atom. The van der Waals surface area contributed by atoms with Gasteiger partial charge in [0.15, 0.2) is 5.65 Å². The van der Waals surface area contributed by atoms with Crippen molar-refractivity contribution in [1.29, 1.82) is 0 Å². The molecule has 5 rings (SSSR count). The number of fused-ring (bicyclic) bond motifs is 3. The smallest absolute Gasteiger partial charge is 0.277 e. The number of rotatable bonds is 7. The number of benzene rings is 1. The number of ether oxygens (including phenoxy) is 1. The Hall–Kier alpha value is -2.87. The maximum atomic E-state index is 13.6. The molecule has 1 aliphatic heterocycles. The molecule has 1 aromatic carbocycles. The molecule has 1 fully saturated rings. The number of pyridine rings is 1. The van der Waals surface area contributed by atoms with Gasteiger partial charge in [0.25, 0.3) is 5.56 Å². The summed E-state index contributed by atoms with van der Waals surface area (Å²) < 4.78 is 9.14. The van der Waals surface area contributed by atoms with Crippen LogP contribution in [0.2, 0.25) is 10.0 Å². The Morgan fingerprint density at radius 1 is 1.05 bits per heavy atom. The van der Waals surface area contributed by atoms with Gasteiger partial charge in [-0.05, 0) is 56.5 Å². The van der Waals surface area contributed by atoms with E-state index in [1.54, 1.807) is 7.11 Å². The molecular weight excluding hydrogens is 509 g/mol. The standard InChI is InChI=1S/C28H31Cl2N5O2/c1-4-24-31-18(2)26-28(36)34(23-8-9-25(37-3)32-27(23)35(24)26)13-5-12-33-14-10-19(11-15-33)16-20-6-7-21(29)22(30)17-20/h6-9,16-17H,4-5,10-15H2,1-3H3. The van der Waals surface area contributed by atoms with Gasteiger partial charge in [-0.2, -0.15) is 4.98 Å². The van der Waals surface area contributed by atoms with Crippen LogP contribution in [-0.2, 0) is 13.0 Å². The first kappa shape index (κ1) is 25.8. The summed E-state index contributed by atoms with van der Waals surface area (Å²) in [5.41, 5.74) is 5.34. The fourth-order valence-corrected chi connectivity index (χ4v) is 5.48. The van der Waals surface area contributed by atoms with Crippen LogP contribution in [0.5, 0.6) is 5.88 Å². The minimum atomic E-state index is -0.0188. The molecule has 0 N–H and O–H groups in total. The second-order valence-electron chi connectivity index (χ2n) is 9.48. The molecule has 0 atom stereocenters. The average molecular weight is 540 g/mol. The van der Waals surface area contributed by atoms with E-state index in [1.165, 1.54) is 5.57 Å². The maximum Gasteiger partial charge on any atom is 0.277 e. The number of aryl methyl sites for hydroxylation is 3. The number of likely N-dealkylation sites (tertiary alicyclic amines) is 1. The zero-order valence-electron chi connectivity index (χ0n) is 21.4. The minimum Gasteiger partial charge on any atom is -0.481 e. The summed E-state index contributed by atoms with van der Waals surface area (Å²) in [5, 5.41) is 1.16. The van der Waals surface area contributed by atoms with E-state index in [0.29, 0.717) is 40.1 Å². The Bertz CT molecular complexity index is 1550. The molecular formula is C28H31Cl2N5O2. The van der Waals surface area contributed by atoms with Gasteiger partial charge in [-0.1, -0.05) is 47.8 Å². The predicted octanol–water partition coefficient (Wildman–Crippen LogP) is 5.80. The van der Waals surface area contributed by atoms with E-state index >= 15 is 0 Å². The molecule has 194 valence electrons. The Balaban J connectivity index is 1.31. The molecule has 7 nitrogen and oxygen atoms in total. The molecule has 4 aromatic rings. The third-order valence-electron chi connectivity index (χ3n) is 7.09. The van der Waals surface area contributed by atoms with Crippen molar-refractivity contribution >= 4 is 46.0 Å². The lowest BCUT2D eigenvalue weighted by Gasteiger charge is -2.28. The van der Waals surface area contributed by atoms with Crippen LogP contribution in [0.1, 0.15) is 43.3 Å². The van der Waals surface area contributed by atoms with Gasteiger partial charge in [-0.15, -0.1) is 0 Å². The predicted molar refractivity (Wildman–Crippen MR) is 150 cm³/mol. The SMILES string of the molecule is CCc1nc(C)c2c(=O)n(CCCN3CCC(=Cc4ccc(Cl)c(Cl)c4)CC3)c3ccc(OC)nc3n12. The van der Waals surface area contributed by atoms with Gasteiger partial charge in [0.2, 0.25) is 5.88 Å². The molecule has 3 aromatic heterocycles. The van der Waals surface area contributed by atoms with Crippen LogP contribution in [0.25, 0.3) is 22.8 Å². The van der Waals surface area contributed by atoms with E-state index in [4.69, 9.17) is 32.9 Å². The van der Waals surface area contributed by atoms with Crippen molar-refractivity contribution < 1.29 is 4.74 Å². The molecule has 0 radical (unpaired) electrons. The zero-order chi connectivity index (χ0) is 26.1. The number of aromatic nitrogens is 4. The highest BCUT2D eigenvalue weighted by atomic mass is 35.5. The van der Waals surface area contributed by atoms with Gasteiger partial charge < -0.3 is 14.2 Å².